The molecule has 252 valence electrons. The predicted molar refractivity (Wildman–Crippen MR) is 117 cm³/mol. The zero-order valence-corrected chi connectivity index (χ0v) is 22.7. The van der Waals surface area contributed by atoms with Gasteiger partial charge in [-0.2, -0.15) is 0 Å². The molecule has 0 bridgehead atoms. The van der Waals surface area contributed by atoms with Crippen LogP contribution in [0.25, 0.3) is 0 Å². The minimum atomic E-state index is -2.27. The first-order valence-electron chi connectivity index (χ1n) is 10.9. The summed E-state index contributed by atoms with van der Waals surface area (Å²) in [5, 5.41) is 160. The zero-order valence-electron chi connectivity index (χ0n) is 21.5. The van der Waals surface area contributed by atoms with E-state index in [0.29, 0.717) is 0 Å². The zero-order chi connectivity index (χ0) is 33.9. The Morgan fingerprint density at radius 1 is 0.419 bits per heavy atom. The van der Waals surface area contributed by atoms with Crippen molar-refractivity contribution < 1.29 is 121 Å². The van der Waals surface area contributed by atoms with Crippen molar-refractivity contribution in [3.8, 4) is 0 Å². The summed E-state index contributed by atoms with van der Waals surface area (Å²) in [5.74, 6) is -5.08. The van der Waals surface area contributed by atoms with Gasteiger partial charge in [0.1, 0.15) is 54.9 Å². The quantitative estimate of drug-likeness (QED) is 0.0440. The summed E-state index contributed by atoms with van der Waals surface area (Å²) in [6.45, 7) is -2.63. The summed E-state index contributed by atoms with van der Waals surface area (Å²) in [7, 11) is 0. The Balaban J connectivity index is -0.000000262. The van der Waals surface area contributed by atoms with Crippen molar-refractivity contribution >= 4 is 35.3 Å². The fourth-order valence-electron chi connectivity index (χ4n) is 2.13. The van der Waals surface area contributed by atoms with Crippen LogP contribution in [-0.2, 0) is 29.0 Å². The van der Waals surface area contributed by atoms with E-state index >= 15 is 0 Å². The normalized spacial score (nSPS) is 19.1. The van der Waals surface area contributed by atoms with Crippen molar-refractivity contribution in [2.75, 3.05) is 19.8 Å². The van der Waals surface area contributed by atoms with Gasteiger partial charge in [-0.15, -0.1) is 0 Å². The first-order valence-corrected chi connectivity index (χ1v) is 10.9. The van der Waals surface area contributed by atoms with Crippen LogP contribution in [0.1, 0.15) is 0 Å². The number of aliphatic hydroxyl groups excluding tert-OH is 15. The van der Waals surface area contributed by atoms with E-state index < -0.39 is 111 Å². The molecule has 0 heterocycles. The van der Waals surface area contributed by atoms with Gasteiger partial charge >= 0.3 is 35.3 Å². The molecule has 0 aliphatic carbocycles. The maximum absolute atomic E-state index is 10.4. The summed E-state index contributed by atoms with van der Waals surface area (Å²) >= 11 is 0. The monoisotopic (exact) mass is 660 g/mol. The van der Waals surface area contributed by atoms with Gasteiger partial charge < -0.3 is 107 Å². The predicted octanol–water partition coefficient (Wildman–Crippen LogP) is -14.7. The second kappa shape index (κ2) is 25.5. The summed E-state index contributed by atoms with van der Waals surface area (Å²) < 4.78 is 0. The molecule has 24 nitrogen and oxygen atoms in total. The number of carbonyl (C=O) groups is 3. The van der Waals surface area contributed by atoms with Crippen molar-refractivity contribution in [1.29, 1.82) is 0 Å². The molecule has 0 fully saturated rings. The van der Waals surface area contributed by atoms with Gasteiger partial charge in [0.25, 0.3) is 0 Å². The molecule has 0 radical (unpaired) electrons. The molecule has 12 atom stereocenters. The first kappa shape index (κ1) is 48.1. The van der Waals surface area contributed by atoms with Crippen LogP contribution < -0.4 is 15.8 Å². The number of rotatable bonds is 15. The molecule has 0 spiro atoms. The number of carbonyl (C=O) groups excluding carboxylic acids is 3. The van der Waals surface area contributed by atoms with Crippen LogP contribution in [0, 0.1) is 0 Å². The van der Waals surface area contributed by atoms with Crippen molar-refractivity contribution in [1.82, 2.24) is 0 Å². The number of aliphatic hydroxyl groups is 15. The van der Waals surface area contributed by atoms with Crippen molar-refractivity contribution in [3.05, 3.63) is 0 Å². The molecule has 0 saturated carbocycles. The van der Waals surface area contributed by atoms with Crippen LogP contribution in [0.5, 0.6) is 0 Å². The van der Waals surface area contributed by atoms with Crippen LogP contribution in [0.2, 0.25) is 0 Å². The third-order valence-electron chi connectivity index (χ3n) is 4.73. The minimum absolute atomic E-state index is 0. The van der Waals surface area contributed by atoms with E-state index in [1.807, 2.05) is 0 Å². The van der Waals surface area contributed by atoms with Gasteiger partial charge in [-0.3, -0.25) is 0 Å². The Hall–Kier alpha value is -1.78. The van der Waals surface area contributed by atoms with Gasteiger partial charge in [-0.05, 0) is 0 Å². The third kappa shape index (κ3) is 17.3. The molecule has 0 unspecified atom stereocenters. The van der Waals surface area contributed by atoms with Crippen molar-refractivity contribution in [3.63, 3.8) is 0 Å². The SMILES string of the molecule is O=C(O[O-])[C@H](O)[C@@H](O)[C@H](O)[C@H](O)CO.O=C(O[O-])[C@H](O)[C@@H](O)[C@H](O)[C@H](O)CO.O=C(O[O-])[C@H](O)[C@@H](O)[C@H](O)[C@H](O)CO.[Al+3]. The molecular weight excluding hydrogens is 627 g/mol. The molecule has 0 aromatic heterocycles. The van der Waals surface area contributed by atoms with Gasteiger partial charge in [0, 0.05) is 0 Å². The average Bonchev–Trinajstić information content (AvgIpc) is 3.02. The molecule has 25 heteroatoms. The molecule has 15 N–H and O–H groups in total. The summed E-state index contributed by atoms with van der Waals surface area (Å²) in [5.41, 5.74) is 0. The maximum Gasteiger partial charge on any atom is 3.00 e. The van der Waals surface area contributed by atoms with Gasteiger partial charge in [0.15, 0.2) is 18.3 Å². The van der Waals surface area contributed by atoms with Gasteiger partial charge in [0.2, 0.25) is 0 Å². The molecule has 0 aromatic rings. The van der Waals surface area contributed by atoms with Crippen molar-refractivity contribution in [2.45, 2.75) is 73.2 Å². The topological polar surface area (TPSA) is 452 Å². The molecular formula is C18H33AlO24. The average molecular weight is 660 g/mol. The molecule has 0 saturated heterocycles. The van der Waals surface area contributed by atoms with Crippen molar-refractivity contribution in [2.24, 2.45) is 0 Å². The minimum Gasteiger partial charge on any atom is -0.662 e. The van der Waals surface area contributed by atoms with Gasteiger partial charge in [-0.1, -0.05) is 0 Å². The van der Waals surface area contributed by atoms with E-state index in [1.54, 1.807) is 0 Å². The van der Waals surface area contributed by atoms with E-state index in [1.165, 1.54) is 0 Å². The smallest absolute Gasteiger partial charge is 0.662 e. The summed E-state index contributed by atoms with van der Waals surface area (Å²) in [6, 6.07) is 0. The van der Waals surface area contributed by atoms with Crippen LogP contribution in [0.3, 0.4) is 0 Å². The standard InChI is InChI=1S/3C6H12O8.Al/c3*7-1-2(8)3(9)4(10)5(11)6(12)14-13;/h3*2-5,7-11,13H,1H2;/q;;;+3/p-3/t3*2-,3-,4+,5-;/m111./s1. The Kier molecular flexibility index (Phi) is 28.6. The van der Waals surface area contributed by atoms with Gasteiger partial charge in [0.05, 0.1) is 19.8 Å². The van der Waals surface area contributed by atoms with Crippen LogP contribution >= 0.6 is 0 Å². The van der Waals surface area contributed by atoms with E-state index in [0.717, 1.165) is 0 Å². The van der Waals surface area contributed by atoms with Gasteiger partial charge in [-0.25, -0.2) is 14.4 Å². The third-order valence-corrected chi connectivity index (χ3v) is 4.73. The summed E-state index contributed by atoms with van der Waals surface area (Å²) in [4.78, 5) is 39.6. The van der Waals surface area contributed by atoms with E-state index in [9.17, 15) is 30.2 Å². The van der Waals surface area contributed by atoms with Crippen LogP contribution in [0.4, 0.5) is 0 Å². The van der Waals surface area contributed by atoms with E-state index in [-0.39, 0.29) is 17.4 Å². The van der Waals surface area contributed by atoms with E-state index in [2.05, 4.69) is 14.7 Å². The molecule has 0 aliphatic heterocycles. The molecule has 0 amide bonds. The largest absolute Gasteiger partial charge is 3.00 e. The molecule has 0 rings (SSSR count). The summed E-state index contributed by atoms with van der Waals surface area (Å²) in [6.07, 6.45) is -24.3. The number of hydrogen-bond acceptors (Lipinski definition) is 24. The Morgan fingerprint density at radius 2 is 0.581 bits per heavy atom. The Bertz CT molecular complexity index is 650. The molecule has 43 heavy (non-hydrogen) atoms. The second-order valence-corrected chi connectivity index (χ2v) is 7.73. The Morgan fingerprint density at radius 3 is 0.698 bits per heavy atom. The maximum atomic E-state index is 10.4. The first-order chi connectivity index (χ1) is 19.4. The number of hydrogen-bond donors (Lipinski definition) is 15. The second-order valence-electron chi connectivity index (χ2n) is 7.73. The fraction of sp³-hybridized carbons (Fsp3) is 0.833. The Labute approximate surface area is 250 Å². The van der Waals surface area contributed by atoms with Crippen LogP contribution in [0.15, 0.2) is 0 Å². The molecule has 0 aromatic carbocycles. The van der Waals surface area contributed by atoms with Crippen LogP contribution in [-0.4, -0.2) is 205 Å². The molecule has 0 aliphatic rings. The fourth-order valence-corrected chi connectivity index (χ4v) is 2.13. The van der Waals surface area contributed by atoms with E-state index in [4.69, 9.17) is 76.6 Å².